The van der Waals surface area contributed by atoms with E-state index in [9.17, 15) is 14.7 Å². The van der Waals surface area contributed by atoms with Crippen LogP contribution < -0.4 is 5.73 Å². The second-order valence-corrected chi connectivity index (χ2v) is 9.05. The molecule has 2 aliphatic rings. The molecular formula is C18H36N4O5S. The van der Waals surface area contributed by atoms with E-state index in [1.54, 1.807) is 4.90 Å². The number of thioether (sulfide) groups is 1. The molecule has 0 aromatic heterocycles. The summed E-state index contributed by atoms with van der Waals surface area (Å²) in [5.74, 6) is 1.34. The van der Waals surface area contributed by atoms with Crippen LogP contribution in [0.4, 0.5) is 4.79 Å². The Morgan fingerprint density at radius 1 is 1.18 bits per heavy atom. The molecule has 1 unspecified atom stereocenters. The van der Waals surface area contributed by atoms with Gasteiger partial charge in [-0.3, -0.25) is 4.79 Å². The molecule has 2 rings (SSSR count). The summed E-state index contributed by atoms with van der Waals surface area (Å²) in [6, 6.07) is 0.0185. The van der Waals surface area contributed by atoms with Crippen molar-refractivity contribution in [3.8, 4) is 0 Å². The third kappa shape index (κ3) is 7.33. The molecule has 10 heteroatoms. The Morgan fingerprint density at radius 3 is 2.36 bits per heavy atom. The summed E-state index contributed by atoms with van der Waals surface area (Å²) in [5, 5.41) is 9.97. The quantitative estimate of drug-likeness (QED) is 0.383. The van der Waals surface area contributed by atoms with E-state index in [0.29, 0.717) is 19.5 Å². The van der Waals surface area contributed by atoms with Gasteiger partial charge in [-0.05, 0) is 12.8 Å². The number of aliphatic hydroxyl groups excluding tert-OH is 1. The monoisotopic (exact) mass is 420 g/mol. The largest absolute Gasteiger partial charge is 0.512 e. The van der Waals surface area contributed by atoms with Gasteiger partial charge in [0.2, 0.25) is 0 Å². The molecule has 1 atom stereocenters. The Morgan fingerprint density at radius 2 is 1.79 bits per heavy atom. The van der Waals surface area contributed by atoms with Gasteiger partial charge in [-0.2, -0.15) is 16.8 Å². The normalized spacial score (nSPS) is 21.5. The summed E-state index contributed by atoms with van der Waals surface area (Å²) in [7, 11) is 0. The number of aliphatic imine (C=N–C) groups is 1. The second kappa shape index (κ2) is 11.3. The van der Waals surface area contributed by atoms with E-state index in [1.165, 1.54) is 6.08 Å². The van der Waals surface area contributed by atoms with Gasteiger partial charge in [0.1, 0.15) is 11.6 Å². The van der Waals surface area contributed by atoms with Crippen molar-refractivity contribution in [2.75, 3.05) is 37.7 Å². The molecular weight excluding hydrogens is 384 g/mol. The maximum absolute atomic E-state index is 12.6. The van der Waals surface area contributed by atoms with Gasteiger partial charge < -0.3 is 31.6 Å². The number of aliphatic hydroxyl groups is 1. The van der Waals surface area contributed by atoms with Gasteiger partial charge in [-0.15, -0.1) is 0 Å². The Labute approximate surface area is 172 Å². The highest BCUT2D eigenvalue weighted by molar-refractivity contribution is 7.99. The molecule has 0 saturated carbocycles. The lowest BCUT2D eigenvalue weighted by Crippen LogP contribution is -2.50. The second-order valence-electron chi connectivity index (χ2n) is 7.82. The number of carbonyl (C=O) groups excluding carboxylic acids is 2. The smallest absolute Gasteiger partial charge is 0.320 e. The fourth-order valence-corrected chi connectivity index (χ4v) is 3.82. The number of allylic oxidation sites excluding steroid dienone is 1. The maximum atomic E-state index is 12.6. The summed E-state index contributed by atoms with van der Waals surface area (Å²) in [6.07, 6.45) is 2.81. The Bertz CT molecular complexity index is 604. The number of nitrogens with zero attached hydrogens (tertiary/aromatic N) is 3. The molecule has 3 amide bonds. The van der Waals surface area contributed by atoms with Crippen LogP contribution in [0, 0.1) is 11.3 Å². The number of rotatable bonds is 2. The number of amidine groups is 1. The molecule has 0 aromatic carbocycles. The van der Waals surface area contributed by atoms with Crippen molar-refractivity contribution in [2.24, 2.45) is 22.1 Å². The van der Waals surface area contributed by atoms with Crippen molar-refractivity contribution in [3.05, 3.63) is 11.8 Å². The van der Waals surface area contributed by atoms with E-state index in [4.69, 9.17) is 5.73 Å². The number of hydrogen-bond donors (Lipinski definition) is 2. The van der Waals surface area contributed by atoms with E-state index in [-0.39, 0.29) is 41.8 Å². The first-order valence-corrected chi connectivity index (χ1v) is 10.2. The van der Waals surface area contributed by atoms with Crippen LogP contribution in [0.1, 0.15) is 35.0 Å². The van der Waals surface area contributed by atoms with E-state index in [1.807, 2.05) is 37.4 Å². The number of piperidine rings is 1. The molecule has 2 saturated heterocycles. The van der Waals surface area contributed by atoms with Crippen LogP contribution in [-0.2, 0) is 4.79 Å². The van der Waals surface area contributed by atoms with Crippen molar-refractivity contribution in [1.29, 1.82) is 0 Å². The van der Waals surface area contributed by atoms with Crippen molar-refractivity contribution in [3.63, 3.8) is 0 Å². The van der Waals surface area contributed by atoms with Crippen molar-refractivity contribution in [2.45, 2.75) is 33.6 Å². The van der Waals surface area contributed by atoms with E-state index in [2.05, 4.69) is 4.99 Å². The first-order chi connectivity index (χ1) is 12.2. The van der Waals surface area contributed by atoms with Crippen LogP contribution in [0.15, 0.2) is 16.8 Å². The Kier molecular flexibility index (Phi) is 10.6. The SMILES string of the molecule is CC(C)(C)/C(O)=C/C(N)=NC(=O)C1CCCN(C(=O)N2CCSCC2)C1.O.O.[HH]. The summed E-state index contributed by atoms with van der Waals surface area (Å²) >= 11 is 1.86. The van der Waals surface area contributed by atoms with Gasteiger partial charge in [0.15, 0.2) is 0 Å². The molecule has 0 aliphatic carbocycles. The van der Waals surface area contributed by atoms with E-state index < -0.39 is 5.41 Å². The lowest BCUT2D eigenvalue weighted by Gasteiger charge is -2.36. The van der Waals surface area contributed by atoms with E-state index >= 15 is 0 Å². The molecule has 0 bridgehead atoms. The van der Waals surface area contributed by atoms with Crippen molar-refractivity contribution >= 4 is 29.5 Å². The predicted molar refractivity (Wildman–Crippen MR) is 115 cm³/mol. The van der Waals surface area contributed by atoms with Crippen LogP contribution in [-0.4, -0.2) is 81.3 Å². The number of carbonyl (C=O) groups is 2. The van der Waals surface area contributed by atoms with Crippen LogP contribution in [0.3, 0.4) is 0 Å². The van der Waals surface area contributed by atoms with Crippen LogP contribution in [0.5, 0.6) is 0 Å². The van der Waals surface area contributed by atoms with Gasteiger partial charge in [-0.25, -0.2) is 4.79 Å². The average molecular weight is 421 g/mol. The minimum atomic E-state index is -0.454. The van der Waals surface area contributed by atoms with Crippen LogP contribution in [0.2, 0.25) is 0 Å². The van der Waals surface area contributed by atoms with Gasteiger partial charge in [0, 0.05) is 50.6 Å². The zero-order valence-electron chi connectivity index (χ0n) is 16.9. The standard InChI is InChI=1S/C18H30N4O3S.2H2O.H2/c1-18(2,3)14(23)11-15(19)20-16(24)13-5-4-6-22(12-13)17(25)21-7-9-26-10-8-21;;;/h11,13,23H,4-10,12H2,1-3H3,(H2,19,20,24);2*1H2;1H/b14-11-;;;. The summed E-state index contributed by atoms with van der Waals surface area (Å²) in [6.45, 7) is 8.12. The van der Waals surface area contributed by atoms with Gasteiger partial charge in [-0.1, -0.05) is 20.8 Å². The molecule has 7 N–H and O–H groups in total. The summed E-state index contributed by atoms with van der Waals surface area (Å²) in [4.78, 5) is 32.6. The number of hydrogen-bond acceptors (Lipinski definition) is 4. The Balaban J connectivity index is 0. The van der Waals surface area contributed by atoms with Gasteiger partial charge in [0.05, 0.1) is 5.92 Å². The predicted octanol–water partition coefficient (Wildman–Crippen LogP) is 0.836. The first kappa shape index (κ1) is 26.2. The highest BCUT2D eigenvalue weighted by Crippen LogP contribution is 2.23. The fourth-order valence-electron chi connectivity index (χ4n) is 2.91. The van der Waals surface area contributed by atoms with Crippen LogP contribution >= 0.6 is 11.8 Å². The molecule has 2 heterocycles. The third-order valence-corrected chi connectivity index (χ3v) is 5.56. The molecule has 2 aliphatic heterocycles. The number of amides is 3. The molecule has 0 spiro atoms. The number of urea groups is 1. The molecule has 28 heavy (non-hydrogen) atoms. The van der Waals surface area contributed by atoms with Gasteiger partial charge >= 0.3 is 6.03 Å². The average Bonchev–Trinajstić information content (AvgIpc) is 2.61. The Hall–Kier alpha value is -1.78. The van der Waals surface area contributed by atoms with Crippen molar-refractivity contribution < 1.29 is 27.1 Å². The maximum Gasteiger partial charge on any atom is 0.320 e. The minimum Gasteiger partial charge on any atom is -0.512 e. The lowest BCUT2D eigenvalue weighted by molar-refractivity contribution is -0.122. The topological polar surface area (TPSA) is 162 Å². The lowest BCUT2D eigenvalue weighted by atomic mass is 9.93. The number of nitrogens with two attached hydrogens (primary N) is 1. The summed E-state index contributed by atoms with van der Waals surface area (Å²) < 4.78 is 0. The molecule has 9 nitrogen and oxygen atoms in total. The first-order valence-electron chi connectivity index (χ1n) is 9.09. The zero-order valence-corrected chi connectivity index (χ0v) is 17.7. The van der Waals surface area contributed by atoms with Crippen molar-refractivity contribution in [1.82, 2.24) is 9.80 Å². The fraction of sp³-hybridized carbons (Fsp3) is 0.722. The molecule has 0 radical (unpaired) electrons. The molecule has 164 valence electrons. The summed E-state index contributed by atoms with van der Waals surface area (Å²) in [5.41, 5.74) is 5.34. The zero-order chi connectivity index (χ0) is 19.3. The highest BCUT2D eigenvalue weighted by atomic mass is 32.2. The third-order valence-electron chi connectivity index (χ3n) is 4.62. The highest BCUT2D eigenvalue weighted by Gasteiger charge is 2.31. The molecule has 0 aromatic rings. The van der Waals surface area contributed by atoms with Crippen LogP contribution in [0.25, 0.3) is 0 Å². The van der Waals surface area contributed by atoms with Gasteiger partial charge in [0.25, 0.3) is 5.91 Å². The molecule has 2 fully saturated rings. The number of likely N-dealkylation sites (tertiary alicyclic amines) is 1. The van der Waals surface area contributed by atoms with E-state index in [0.717, 1.165) is 31.0 Å². The minimum absolute atomic E-state index is 0.